The standard InChI is InChI=1S/C15H23N/c1-15(2,3)13-8-6-12(7-9-13)14(16)10-11-4-5-11/h6-9,11,14H,4-5,10,16H2,1-3H3. The van der Waals surface area contributed by atoms with Crippen molar-refractivity contribution >= 4 is 0 Å². The summed E-state index contributed by atoms with van der Waals surface area (Å²) < 4.78 is 0. The maximum Gasteiger partial charge on any atom is 0.0297 e. The predicted octanol–water partition coefficient (Wildman–Crippen LogP) is 3.78. The van der Waals surface area contributed by atoms with E-state index in [1.54, 1.807) is 0 Å². The third kappa shape index (κ3) is 2.85. The highest BCUT2D eigenvalue weighted by molar-refractivity contribution is 5.29. The van der Waals surface area contributed by atoms with E-state index in [0.29, 0.717) is 0 Å². The molecule has 1 unspecified atom stereocenters. The second-order valence-corrected chi connectivity index (χ2v) is 6.16. The Morgan fingerprint density at radius 2 is 1.75 bits per heavy atom. The van der Waals surface area contributed by atoms with Gasteiger partial charge in [0.15, 0.2) is 0 Å². The fraction of sp³-hybridized carbons (Fsp3) is 0.600. The number of rotatable bonds is 3. The first kappa shape index (κ1) is 11.7. The summed E-state index contributed by atoms with van der Waals surface area (Å²) in [6, 6.07) is 9.09. The highest BCUT2D eigenvalue weighted by Crippen LogP contribution is 2.37. The van der Waals surface area contributed by atoms with Crippen LogP contribution in [0.2, 0.25) is 0 Å². The lowest BCUT2D eigenvalue weighted by Crippen LogP contribution is -2.13. The summed E-state index contributed by atoms with van der Waals surface area (Å²) in [5.74, 6) is 0.900. The number of nitrogens with two attached hydrogens (primary N) is 1. The summed E-state index contributed by atoms with van der Waals surface area (Å²) >= 11 is 0. The Balaban J connectivity index is 2.05. The van der Waals surface area contributed by atoms with Gasteiger partial charge in [0.1, 0.15) is 0 Å². The van der Waals surface area contributed by atoms with E-state index in [1.807, 2.05) is 0 Å². The average molecular weight is 217 g/mol. The van der Waals surface area contributed by atoms with Gasteiger partial charge in [-0.05, 0) is 28.9 Å². The zero-order valence-corrected chi connectivity index (χ0v) is 10.7. The van der Waals surface area contributed by atoms with Crippen LogP contribution in [-0.4, -0.2) is 0 Å². The first-order chi connectivity index (χ1) is 7.47. The molecule has 1 fully saturated rings. The minimum absolute atomic E-state index is 0.235. The number of hydrogen-bond donors (Lipinski definition) is 1. The molecule has 0 amide bonds. The molecule has 0 heterocycles. The molecule has 1 saturated carbocycles. The molecular weight excluding hydrogens is 194 g/mol. The first-order valence-electron chi connectivity index (χ1n) is 6.33. The van der Waals surface area contributed by atoms with Gasteiger partial charge < -0.3 is 5.73 Å². The highest BCUT2D eigenvalue weighted by atomic mass is 14.6. The topological polar surface area (TPSA) is 26.0 Å². The largest absolute Gasteiger partial charge is 0.324 e. The van der Waals surface area contributed by atoms with Crippen molar-refractivity contribution in [3.05, 3.63) is 35.4 Å². The molecule has 1 aromatic rings. The minimum atomic E-state index is 0.235. The van der Waals surface area contributed by atoms with Crippen molar-refractivity contribution < 1.29 is 0 Å². The normalized spacial score (nSPS) is 18.5. The number of benzene rings is 1. The van der Waals surface area contributed by atoms with Crippen molar-refractivity contribution in [3.63, 3.8) is 0 Å². The summed E-state index contributed by atoms with van der Waals surface area (Å²) in [6.07, 6.45) is 3.93. The molecule has 1 atom stereocenters. The van der Waals surface area contributed by atoms with E-state index >= 15 is 0 Å². The minimum Gasteiger partial charge on any atom is -0.324 e. The molecule has 2 rings (SSSR count). The van der Waals surface area contributed by atoms with Crippen LogP contribution in [0.1, 0.15) is 57.2 Å². The predicted molar refractivity (Wildman–Crippen MR) is 69.4 cm³/mol. The van der Waals surface area contributed by atoms with Crippen LogP contribution in [0.5, 0.6) is 0 Å². The van der Waals surface area contributed by atoms with E-state index in [0.717, 1.165) is 12.3 Å². The Kier molecular flexibility index (Phi) is 3.07. The molecule has 0 spiro atoms. The molecule has 88 valence electrons. The van der Waals surface area contributed by atoms with Crippen molar-refractivity contribution in [2.75, 3.05) is 0 Å². The first-order valence-corrected chi connectivity index (χ1v) is 6.33. The van der Waals surface area contributed by atoms with Crippen molar-refractivity contribution in [2.45, 2.75) is 51.5 Å². The monoisotopic (exact) mass is 217 g/mol. The van der Waals surface area contributed by atoms with E-state index in [2.05, 4.69) is 45.0 Å². The van der Waals surface area contributed by atoms with Crippen LogP contribution in [0.4, 0.5) is 0 Å². The van der Waals surface area contributed by atoms with Gasteiger partial charge in [-0.15, -0.1) is 0 Å². The maximum absolute atomic E-state index is 6.20. The third-order valence-electron chi connectivity index (χ3n) is 3.49. The van der Waals surface area contributed by atoms with Crippen LogP contribution in [0.25, 0.3) is 0 Å². The van der Waals surface area contributed by atoms with E-state index in [1.165, 1.54) is 24.0 Å². The quantitative estimate of drug-likeness (QED) is 0.819. The van der Waals surface area contributed by atoms with Crippen LogP contribution < -0.4 is 5.73 Å². The van der Waals surface area contributed by atoms with Crippen molar-refractivity contribution in [1.29, 1.82) is 0 Å². The molecular formula is C15H23N. The van der Waals surface area contributed by atoms with Gasteiger partial charge in [0.25, 0.3) is 0 Å². The lowest BCUT2D eigenvalue weighted by Gasteiger charge is -2.20. The smallest absolute Gasteiger partial charge is 0.0297 e. The van der Waals surface area contributed by atoms with E-state index in [9.17, 15) is 0 Å². The Morgan fingerprint density at radius 1 is 1.19 bits per heavy atom. The molecule has 1 aliphatic rings. The Labute approximate surface area is 99.0 Å². The van der Waals surface area contributed by atoms with Gasteiger partial charge in [-0.25, -0.2) is 0 Å². The molecule has 0 radical (unpaired) electrons. The van der Waals surface area contributed by atoms with Gasteiger partial charge >= 0.3 is 0 Å². The summed E-state index contributed by atoms with van der Waals surface area (Å²) in [5.41, 5.74) is 9.11. The molecule has 1 aromatic carbocycles. The fourth-order valence-corrected chi connectivity index (χ4v) is 2.08. The third-order valence-corrected chi connectivity index (χ3v) is 3.49. The SMILES string of the molecule is CC(C)(C)c1ccc(C(N)CC2CC2)cc1. The van der Waals surface area contributed by atoms with Crippen LogP contribution in [-0.2, 0) is 5.41 Å². The van der Waals surface area contributed by atoms with Crippen molar-refractivity contribution in [1.82, 2.24) is 0 Å². The molecule has 0 aromatic heterocycles. The highest BCUT2D eigenvalue weighted by Gasteiger charge is 2.24. The van der Waals surface area contributed by atoms with Crippen LogP contribution >= 0.6 is 0 Å². The van der Waals surface area contributed by atoms with Crippen LogP contribution in [0.3, 0.4) is 0 Å². The molecule has 0 bridgehead atoms. The second-order valence-electron chi connectivity index (χ2n) is 6.16. The summed E-state index contributed by atoms with van der Waals surface area (Å²) in [4.78, 5) is 0. The molecule has 1 heteroatoms. The van der Waals surface area contributed by atoms with Gasteiger partial charge in [-0.2, -0.15) is 0 Å². The maximum atomic E-state index is 6.20. The average Bonchev–Trinajstić information content (AvgIpc) is 3.00. The van der Waals surface area contributed by atoms with Gasteiger partial charge in [-0.1, -0.05) is 57.9 Å². The Hall–Kier alpha value is -0.820. The molecule has 2 N–H and O–H groups in total. The molecule has 1 aliphatic carbocycles. The fourth-order valence-electron chi connectivity index (χ4n) is 2.08. The number of hydrogen-bond acceptors (Lipinski definition) is 1. The van der Waals surface area contributed by atoms with Crippen LogP contribution in [0, 0.1) is 5.92 Å². The molecule has 0 aliphatic heterocycles. The zero-order valence-electron chi connectivity index (χ0n) is 10.7. The summed E-state index contributed by atoms with van der Waals surface area (Å²) in [5, 5.41) is 0. The molecule has 0 saturated heterocycles. The summed E-state index contributed by atoms with van der Waals surface area (Å²) in [6.45, 7) is 6.73. The Bertz CT molecular complexity index is 341. The van der Waals surface area contributed by atoms with Gasteiger partial charge in [0.05, 0.1) is 0 Å². The molecule has 16 heavy (non-hydrogen) atoms. The van der Waals surface area contributed by atoms with E-state index < -0.39 is 0 Å². The van der Waals surface area contributed by atoms with Gasteiger partial charge in [0.2, 0.25) is 0 Å². The van der Waals surface area contributed by atoms with E-state index in [4.69, 9.17) is 5.73 Å². The lowest BCUT2D eigenvalue weighted by atomic mass is 9.86. The van der Waals surface area contributed by atoms with Gasteiger partial charge in [0, 0.05) is 6.04 Å². The lowest BCUT2D eigenvalue weighted by molar-refractivity contribution is 0.582. The van der Waals surface area contributed by atoms with E-state index in [-0.39, 0.29) is 11.5 Å². The van der Waals surface area contributed by atoms with Crippen molar-refractivity contribution in [2.24, 2.45) is 11.7 Å². The zero-order chi connectivity index (χ0) is 11.8. The van der Waals surface area contributed by atoms with Crippen molar-refractivity contribution in [3.8, 4) is 0 Å². The van der Waals surface area contributed by atoms with Gasteiger partial charge in [-0.3, -0.25) is 0 Å². The second kappa shape index (κ2) is 4.21. The van der Waals surface area contributed by atoms with Crippen LogP contribution in [0.15, 0.2) is 24.3 Å². The Morgan fingerprint density at radius 3 is 2.19 bits per heavy atom. The molecule has 1 nitrogen and oxygen atoms in total. The summed E-state index contributed by atoms with van der Waals surface area (Å²) in [7, 11) is 0.